The van der Waals surface area contributed by atoms with E-state index in [0.29, 0.717) is 28.5 Å². The molecule has 0 atom stereocenters. The van der Waals surface area contributed by atoms with Gasteiger partial charge in [0.05, 0.1) is 17.3 Å². The predicted molar refractivity (Wildman–Crippen MR) is 75.7 cm³/mol. The van der Waals surface area contributed by atoms with Gasteiger partial charge in [-0.05, 0) is 12.1 Å². The summed E-state index contributed by atoms with van der Waals surface area (Å²) in [7, 11) is 0. The van der Waals surface area contributed by atoms with E-state index < -0.39 is 0 Å². The first kappa shape index (κ1) is 12.5. The van der Waals surface area contributed by atoms with Gasteiger partial charge < -0.3 is 9.84 Å². The molecule has 0 unspecified atom stereocenters. The number of aromatic nitrogens is 5. The fourth-order valence-corrected chi connectivity index (χ4v) is 2.31. The lowest BCUT2D eigenvalue weighted by Crippen LogP contribution is -2.43. The maximum absolute atomic E-state index is 6.13. The van der Waals surface area contributed by atoms with Crippen LogP contribution in [-0.2, 0) is 0 Å². The fraction of sp³-hybridized carbons (Fsp3) is 0.231. The molecule has 2 aromatic heterocycles. The Morgan fingerprint density at radius 1 is 1.29 bits per heavy atom. The highest BCUT2D eigenvalue weighted by Gasteiger charge is 2.22. The van der Waals surface area contributed by atoms with Crippen LogP contribution in [0.25, 0.3) is 23.0 Å². The van der Waals surface area contributed by atoms with Crippen molar-refractivity contribution in [3.63, 3.8) is 0 Å². The second kappa shape index (κ2) is 4.94. The molecule has 3 heterocycles. The molecule has 8 heteroatoms. The van der Waals surface area contributed by atoms with Crippen LogP contribution in [0.5, 0.6) is 0 Å². The van der Waals surface area contributed by atoms with Gasteiger partial charge in [0.1, 0.15) is 0 Å². The summed E-state index contributed by atoms with van der Waals surface area (Å²) in [5.41, 5.74) is 1.29. The van der Waals surface area contributed by atoms with Gasteiger partial charge in [-0.25, -0.2) is 4.68 Å². The van der Waals surface area contributed by atoms with Gasteiger partial charge in [0.25, 0.3) is 5.89 Å². The molecule has 0 spiro atoms. The topological polar surface area (TPSA) is 81.7 Å². The standard InChI is InChI=1S/C13H11ClN6O/c14-10-4-2-1-3-9(10)12-16-13(21-18-12)11-7-20(19-17-11)8-5-15-6-8/h1-4,7-8,15H,5-6H2. The number of hydrogen-bond donors (Lipinski definition) is 1. The van der Waals surface area contributed by atoms with Crippen LogP contribution in [0.15, 0.2) is 35.0 Å². The molecule has 0 amide bonds. The van der Waals surface area contributed by atoms with Crippen molar-refractivity contribution in [2.45, 2.75) is 6.04 Å². The first-order valence-electron chi connectivity index (χ1n) is 6.53. The Morgan fingerprint density at radius 2 is 2.14 bits per heavy atom. The molecule has 21 heavy (non-hydrogen) atoms. The quantitative estimate of drug-likeness (QED) is 0.794. The molecule has 0 bridgehead atoms. The minimum atomic E-state index is 0.337. The van der Waals surface area contributed by atoms with Crippen LogP contribution in [0.2, 0.25) is 5.02 Å². The van der Waals surface area contributed by atoms with Crippen LogP contribution < -0.4 is 5.32 Å². The Hall–Kier alpha value is -2.25. The molecular weight excluding hydrogens is 292 g/mol. The normalized spacial score (nSPS) is 15.1. The van der Waals surface area contributed by atoms with Crippen LogP contribution in [0.4, 0.5) is 0 Å². The van der Waals surface area contributed by atoms with E-state index in [4.69, 9.17) is 16.1 Å². The van der Waals surface area contributed by atoms with Crippen molar-refractivity contribution >= 4 is 11.6 Å². The Morgan fingerprint density at radius 3 is 2.90 bits per heavy atom. The molecule has 0 aliphatic carbocycles. The van der Waals surface area contributed by atoms with Crippen molar-refractivity contribution in [2.24, 2.45) is 0 Å². The average Bonchev–Trinajstić information content (AvgIpc) is 3.06. The average molecular weight is 303 g/mol. The molecule has 1 fully saturated rings. The van der Waals surface area contributed by atoms with Gasteiger partial charge in [0.15, 0.2) is 5.69 Å². The second-order valence-electron chi connectivity index (χ2n) is 4.80. The first-order chi connectivity index (χ1) is 10.3. The summed E-state index contributed by atoms with van der Waals surface area (Å²) in [4.78, 5) is 4.33. The summed E-state index contributed by atoms with van der Waals surface area (Å²) in [6.45, 7) is 1.80. The summed E-state index contributed by atoms with van der Waals surface area (Å²) in [6, 6.07) is 7.69. The van der Waals surface area contributed by atoms with Crippen LogP contribution >= 0.6 is 11.6 Å². The van der Waals surface area contributed by atoms with E-state index in [9.17, 15) is 0 Å². The van der Waals surface area contributed by atoms with E-state index >= 15 is 0 Å². The largest absolute Gasteiger partial charge is 0.332 e. The number of hydrogen-bond acceptors (Lipinski definition) is 6. The van der Waals surface area contributed by atoms with E-state index in [1.807, 2.05) is 29.1 Å². The van der Waals surface area contributed by atoms with Gasteiger partial charge in [-0.1, -0.05) is 34.1 Å². The number of benzene rings is 1. The summed E-state index contributed by atoms with van der Waals surface area (Å²) in [5.74, 6) is 0.777. The molecule has 7 nitrogen and oxygen atoms in total. The molecule has 3 aromatic rings. The van der Waals surface area contributed by atoms with E-state index in [1.165, 1.54) is 0 Å². The van der Waals surface area contributed by atoms with Gasteiger partial charge in [0, 0.05) is 18.7 Å². The fourth-order valence-electron chi connectivity index (χ4n) is 2.09. The van der Waals surface area contributed by atoms with Crippen molar-refractivity contribution < 1.29 is 4.52 Å². The summed E-state index contributed by atoms with van der Waals surface area (Å²) < 4.78 is 7.06. The monoisotopic (exact) mass is 302 g/mol. The lowest BCUT2D eigenvalue weighted by molar-refractivity contribution is 0.313. The SMILES string of the molecule is Clc1ccccc1-c1noc(-c2cn(C3CNC3)nn2)n1. The van der Waals surface area contributed by atoms with E-state index in [-0.39, 0.29) is 0 Å². The minimum Gasteiger partial charge on any atom is -0.332 e. The third-order valence-corrected chi connectivity index (χ3v) is 3.73. The van der Waals surface area contributed by atoms with Crippen LogP contribution in [0.3, 0.4) is 0 Å². The Bertz CT molecular complexity index is 778. The number of rotatable bonds is 3. The zero-order valence-corrected chi connectivity index (χ0v) is 11.7. The highest BCUT2D eigenvalue weighted by atomic mass is 35.5. The lowest BCUT2D eigenvalue weighted by Gasteiger charge is -2.26. The van der Waals surface area contributed by atoms with Crippen molar-refractivity contribution in [3.05, 3.63) is 35.5 Å². The maximum Gasteiger partial charge on any atom is 0.280 e. The smallest absolute Gasteiger partial charge is 0.280 e. The number of halogens is 1. The number of nitrogens with one attached hydrogen (secondary N) is 1. The van der Waals surface area contributed by atoms with Crippen LogP contribution in [0, 0.1) is 0 Å². The molecule has 0 radical (unpaired) electrons. The third kappa shape index (κ3) is 2.20. The van der Waals surface area contributed by atoms with E-state index in [1.54, 1.807) is 6.07 Å². The third-order valence-electron chi connectivity index (χ3n) is 3.40. The van der Waals surface area contributed by atoms with Crippen molar-refractivity contribution in [3.8, 4) is 23.0 Å². The van der Waals surface area contributed by atoms with Gasteiger partial charge in [-0.3, -0.25) is 0 Å². The summed E-state index contributed by atoms with van der Waals surface area (Å²) in [6.07, 6.45) is 1.81. The van der Waals surface area contributed by atoms with Crippen LogP contribution in [0.1, 0.15) is 6.04 Å². The highest BCUT2D eigenvalue weighted by Crippen LogP contribution is 2.27. The molecule has 1 N–H and O–H groups in total. The minimum absolute atomic E-state index is 0.337. The van der Waals surface area contributed by atoms with E-state index in [2.05, 4.69) is 25.8 Å². The molecule has 106 valence electrons. The number of nitrogens with zero attached hydrogens (tertiary/aromatic N) is 5. The summed E-state index contributed by atoms with van der Waals surface area (Å²) in [5, 5.41) is 15.9. The molecular formula is C13H11ClN6O. The second-order valence-corrected chi connectivity index (χ2v) is 5.21. The zero-order chi connectivity index (χ0) is 14.2. The van der Waals surface area contributed by atoms with Crippen molar-refractivity contribution in [1.29, 1.82) is 0 Å². The Kier molecular flexibility index (Phi) is 2.94. The molecule has 4 rings (SSSR count). The summed E-state index contributed by atoms with van der Waals surface area (Å²) >= 11 is 6.13. The maximum atomic E-state index is 6.13. The van der Waals surface area contributed by atoms with Crippen LogP contribution in [-0.4, -0.2) is 38.2 Å². The first-order valence-corrected chi connectivity index (χ1v) is 6.90. The van der Waals surface area contributed by atoms with Crippen molar-refractivity contribution in [2.75, 3.05) is 13.1 Å². The molecule has 1 aromatic carbocycles. The van der Waals surface area contributed by atoms with Gasteiger partial charge in [0.2, 0.25) is 5.82 Å². The van der Waals surface area contributed by atoms with Gasteiger partial charge in [-0.15, -0.1) is 5.10 Å². The molecule has 1 aliphatic rings. The molecule has 0 saturated carbocycles. The highest BCUT2D eigenvalue weighted by molar-refractivity contribution is 6.33. The lowest BCUT2D eigenvalue weighted by atomic mass is 10.2. The van der Waals surface area contributed by atoms with E-state index in [0.717, 1.165) is 18.7 Å². The zero-order valence-electron chi connectivity index (χ0n) is 10.9. The Labute approximate surface area is 124 Å². The molecule has 1 aliphatic heterocycles. The van der Waals surface area contributed by atoms with Crippen molar-refractivity contribution in [1.82, 2.24) is 30.5 Å². The predicted octanol–water partition coefficient (Wildman–Crippen LogP) is 1.79. The molecule has 1 saturated heterocycles. The Balaban J connectivity index is 1.65. The van der Waals surface area contributed by atoms with Gasteiger partial charge >= 0.3 is 0 Å². The van der Waals surface area contributed by atoms with Gasteiger partial charge in [-0.2, -0.15) is 4.98 Å².